The second kappa shape index (κ2) is 9.58. The van der Waals surface area contributed by atoms with Gasteiger partial charge in [0.1, 0.15) is 16.7 Å². The zero-order valence-corrected chi connectivity index (χ0v) is 16.9. The van der Waals surface area contributed by atoms with Crippen molar-refractivity contribution < 1.29 is 10.2 Å². The van der Waals surface area contributed by atoms with Crippen LogP contribution in [-0.4, -0.2) is 25.2 Å². The van der Waals surface area contributed by atoms with Crippen molar-refractivity contribution >= 4 is 11.0 Å². The predicted octanol–water partition coefficient (Wildman–Crippen LogP) is 5.76. The van der Waals surface area contributed by atoms with Crippen molar-refractivity contribution in [1.82, 2.24) is 15.0 Å². The molecule has 1 atom stereocenters. The molecular formula is C23H31N3O2. The number of phenolic OH excluding ortho intramolecular Hbond substituents is 2. The van der Waals surface area contributed by atoms with Crippen LogP contribution in [0.5, 0.6) is 11.5 Å². The summed E-state index contributed by atoms with van der Waals surface area (Å²) in [6.07, 6.45) is 9.25. The molecule has 2 aromatic carbocycles. The summed E-state index contributed by atoms with van der Waals surface area (Å²) in [7, 11) is 0. The highest BCUT2D eigenvalue weighted by Gasteiger charge is 2.18. The summed E-state index contributed by atoms with van der Waals surface area (Å²) in [4.78, 5) is 1.39. The molecule has 1 aromatic heterocycles. The number of hydrogen-bond acceptors (Lipinski definition) is 4. The zero-order chi connectivity index (χ0) is 19.9. The third-order valence-corrected chi connectivity index (χ3v) is 5.39. The molecule has 0 aliphatic rings. The van der Waals surface area contributed by atoms with Crippen LogP contribution in [0.4, 0.5) is 0 Å². The highest BCUT2D eigenvalue weighted by molar-refractivity contribution is 5.73. The average molecular weight is 382 g/mol. The normalized spacial score (nSPS) is 12.5. The van der Waals surface area contributed by atoms with Gasteiger partial charge in [-0.3, -0.25) is 0 Å². The van der Waals surface area contributed by atoms with Crippen LogP contribution < -0.4 is 0 Å². The van der Waals surface area contributed by atoms with Crippen molar-refractivity contribution in [1.29, 1.82) is 0 Å². The summed E-state index contributed by atoms with van der Waals surface area (Å²) in [5.41, 5.74) is 2.69. The third-order valence-electron chi connectivity index (χ3n) is 5.39. The Balaban J connectivity index is 1.78. The fourth-order valence-corrected chi connectivity index (χ4v) is 3.83. The van der Waals surface area contributed by atoms with Crippen LogP contribution in [0.2, 0.25) is 0 Å². The van der Waals surface area contributed by atoms with E-state index in [4.69, 9.17) is 0 Å². The molecular weight excluding hydrogens is 350 g/mol. The number of rotatable bonds is 10. The summed E-state index contributed by atoms with van der Waals surface area (Å²) in [5, 5.41) is 30.0. The number of aromatic nitrogens is 3. The minimum Gasteiger partial charge on any atom is -0.504 e. The lowest BCUT2D eigenvalue weighted by Crippen LogP contribution is -2.06. The van der Waals surface area contributed by atoms with E-state index in [1.807, 2.05) is 30.3 Å². The minimum atomic E-state index is -0.154. The molecule has 0 fully saturated rings. The first-order chi connectivity index (χ1) is 13.6. The van der Waals surface area contributed by atoms with Gasteiger partial charge in [-0.25, -0.2) is 0 Å². The van der Waals surface area contributed by atoms with Crippen LogP contribution >= 0.6 is 0 Å². The molecule has 0 bridgehead atoms. The molecule has 0 radical (unpaired) electrons. The van der Waals surface area contributed by atoms with Crippen molar-refractivity contribution in [2.24, 2.45) is 5.92 Å². The molecule has 5 heteroatoms. The average Bonchev–Trinajstić information content (AvgIpc) is 3.12. The van der Waals surface area contributed by atoms with Crippen molar-refractivity contribution in [2.45, 2.75) is 65.2 Å². The van der Waals surface area contributed by atoms with Crippen LogP contribution in [0.25, 0.3) is 16.7 Å². The molecule has 1 unspecified atom stereocenters. The monoisotopic (exact) mass is 381 g/mol. The fourth-order valence-electron chi connectivity index (χ4n) is 3.83. The van der Waals surface area contributed by atoms with E-state index in [-0.39, 0.29) is 11.5 Å². The summed E-state index contributed by atoms with van der Waals surface area (Å²) in [6, 6.07) is 11.2. The standard InChI is InChI=1S/C23H31N3O2/c1-3-5-6-7-11-17(10-4-2)16-18-14-15-21(23(28)22(18)27)26-24-19-12-8-9-13-20(19)25-26/h8-9,12-15,17,27-28H,3-7,10-11,16H2,1-2H3. The van der Waals surface area contributed by atoms with Gasteiger partial charge >= 0.3 is 0 Å². The number of benzene rings is 2. The van der Waals surface area contributed by atoms with E-state index < -0.39 is 0 Å². The molecule has 0 saturated heterocycles. The number of phenols is 2. The van der Waals surface area contributed by atoms with Gasteiger partial charge in [0.25, 0.3) is 0 Å². The first-order valence-corrected chi connectivity index (χ1v) is 10.5. The van der Waals surface area contributed by atoms with Gasteiger partial charge in [0.15, 0.2) is 11.5 Å². The first-order valence-electron chi connectivity index (χ1n) is 10.5. The highest BCUT2D eigenvalue weighted by Crippen LogP contribution is 2.37. The molecule has 150 valence electrons. The molecule has 0 aliphatic heterocycles. The van der Waals surface area contributed by atoms with E-state index in [1.54, 1.807) is 6.07 Å². The van der Waals surface area contributed by atoms with E-state index in [2.05, 4.69) is 24.0 Å². The predicted molar refractivity (Wildman–Crippen MR) is 113 cm³/mol. The van der Waals surface area contributed by atoms with E-state index in [0.29, 0.717) is 11.6 Å². The highest BCUT2D eigenvalue weighted by atomic mass is 16.3. The zero-order valence-electron chi connectivity index (χ0n) is 16.9. The van der Waals surface area contributed by atoms with Gasteiger partial charge < -0.3 is 10.2 Å². The van der Waals surface area contributed by atoms with Gasteiger partial charge in [0, 0.05) is 0 Å². The lowest BCUT2D eigenvalue weighted by Gasteiger charge is -2.18. The lowest BCUT2D eigenvalue weighted by atomic mass is 9.89. The largest absolute Gasteiger partial charge is 0.504 e. The van der Waals surface area contributed by atoms with Crippen LogP contribution in [0.15, 0.2) is 36.4 Å². The molecule has 1 heterocycles. The number of unbranched alkanes of at least 4 members (excludes halogenated alkanes) is 3. The Morgan fingerprint density at radius 3 is 2.18 bits per heavy atom. The molecule has 0 spiro atoms. The Bertz CT molecular complexity index is 871. The Morgan fingerprint density at radius 1 is 0.821 bits per heavy atom. The summed E-state index contributed by atoms with van der Waals surface area (Å²) >= 11 is 0. The lowest BCUT2D eigenvalue weighted by molar-refractivity contribution is 0.380. The Labute approximate surface area is 167 Å². The van der Waals surface area contributed by atoms with Crippen molar-refractivity contribution in [3.8, 4) is 17.2 Å². The minimum absolute atomic E-state index is 0.0477. The fraction of sp³-hybridized carbons (Fsp3) is 0.478. The molecule has 0 saturated carbocycles. The van der Waals surface area contributed by atoms with Crippen LogP contribution in [-0.2, 0) is 6.42 Å². The molecule has 5 nitrogen and oxygen atoms in total. The maximum Gasteiger partial charge on any atom is 0.185 e. The summed E-state index contributed by atoms with van der Waals surface area (Å²) < 4.78 is 0. The van der Waals surface area contributed by atoms with Gasteiger partial charge in [-0.05, 0) is 36.1 Å². The second-order valence-corrected chi connectivity index (χ2v) is 7.63. The maximum absolute atomic E-state index is 10.6. The number of nitrogens with zero attached hydrogens (tertiary/aromatic N) is 3. The summed E-state index contributed by atoms with van der Waals surface area (Å²) in [6.45, 7) is 4.43. The van der Waals surface area contributed by atoms with E-state index in [0.717, 1.165) is 35.9 Å². The van der Waals surface area contributed by atoms with Crippen molar-refractivity contribution in [3.05, 3.63) is 42.0 Å². The quantitative estimate of drug-likeness (QED) is 0.346. The van der Waals surface area contributed by atoms with E-state index >= 15 is 0 Å². The number of fused-ring (bicyclic) bond motifs is 1. The molecule has 2 N–H and O–H groups in total. The third kappa shape index (κ3) is 4.64. The second-order valence-electron chi connectivity index (χ2n) is 7.63. The molecule has 0 amide bonds. The molecule has 0 aliphatic carbocycles. The Hall–Kier alpha value is -2.56. The Kier molecular flexibility index (Phi) is 6.90. The van der Waals surface area contributed by atoms with Gasteiger partial charge in [-0.2, -0.15) is 0 Å². The first kappa shape index (κ1) is 20.2. The molecule has 3 rings (SSSR count). The number of aromatic hydroxyl groups is 2. The van der Waals surface area contributed by atoms with E-state index in [9.17, 15) is 10.2 Å². The van der Waals surface area contributed by atoms with Crippen LogP contribution in [0, 0.1) is 5.92 Å². The van der Waals surface area contributed by atoms with Gasteiger partial charge in [0.05, 0.1) is 0 Å². The van der Waals surface area contributed by atoms with Gasteiger partial charge in [0.2, 0.25) is 0 Å². The van der Waals surface area contributed by atoms with Crippen LogP contribution in [0.3, 0.4) is 0 Å². The molecule has 28 heavy (non-hydrogen) atoms. The summed E-state index contributed by atoms with van der Waals surface area (Å²) in [5.74, 6) is 0.330. The maximum atomic E-state index is 10.6. The topological polar surface area (TPSA) is 71.2 Å². The SMILES string of the molecule is CCCCCCC(CCC)Cc1ccc(-n2nc3ccccc3n2)c(O)c1O. The van der Waals surface area contributed by atoms with Gasteiger partial charge in [-0.15, -0.1) is 15.0 Å². The smallest absolute Gasteiger partial charge is 0.185 e. The van der Waals surface area contributed by atoms with Crippen LogP contribution in [0.1, 0.15) is 64.4 Å². The van der Waals surface area contributed by atoms with E-state index in [1.165, 1.54) is 36.9 Å². The number of hydrogen-bond donors (Lipinski definition) is 2. The van der Waals surface area contributed by atoms with Crippen molar-refractivity contribution in [2.75, 3.05) is 0 Å². The van der Waals surface area contributed by atoms with Gasteiger partial charge in [-0.1, -0.05) is 77.0 Å². The Morgan fingerprint density at radius 2 is 1.54 bits per heavy atom. The van der Waals surface area contributed by atoms with Crippen molar-refractivity contribution in [3.63, 3.8) is 0 Å². The molecule has 3 aromatic rings.